The van der Waals surface area contributed by atoms with Gasteiger partial charge in [-0.2, -0.15) is 8.78 Å². The molecule has 1 N–H and O–H groups in total. The summed E-state index contributed by atoms with van der Waals surface area (Å²) in [4.78, 5) is 0. The van der Waals surface area contributed by atoms with Crippen LogP contribution in [0.4, 0.5) is 8.78 Å². The third kappa shape index (κ3) is 4.56. The molecule has 0 spiro atoms. The number of hydrogen-bond acceptors (Lipinski definition) is 2. The summed E-state index contributed by atoms with van der Waals surface area (Å²) in [5, 5.41) is 11.2. The van der Waals surface area contributed by atoms with Gasteiger partial charge in [-0.3, -0.25) is 0 Å². The van der Waals surface area contributed by atoms with Gasteiger partial charge < -0.3 is 9.84 Å². The molecule has 0 saturated carbocycles. The van der Waals surface area contributed by atoms with E-state index in [0.29, 0.717) is 21.2 Å². The van der Waals surface area contributed by atoms with Gasteiger partial charge in [0.05, 0.1) is 6.10 Å². The molecule has 0 fully saturated rings. The summed E-state index contributed by atoms with van der Waals surface area (Å²) >= 11 is 11.9. The number of halogens is 4. The molecule has 6 heteroatoms. The molecule has 2 rings (SSSR count). The fourth-order valence-electron chi connectivity index (χ4n) is 1.90. The van der Waals surface area contributed by atoms with Crippen LogP contribution in [0.1, 0.15) is 17.2 Å². The number of alkyl halides is 2. The number of aliphatic hydroxyl groups excluding tert-OH is 1. The van der Waals surface area contributed by atoms with E-state index in [9.17, 15) is 13.9 Å². The molecule has 0 radical (unpaired) electrons. The maximum absolute atomic E-state index is 12.1. The Labute approximate surface area is 130 Å². The quantitative estimate of drug-likeness (QED) is 0.846. The van der Waals surface area contributed by atoms with Gasteiger partial charge in [0.15, 0.2) is 0 Å². The van der Waals surface area contributed by atoms with Gasteiger partial charge in [0, 0.05) is 16.5 Å². The summed E-state index contributed by atoms with van der Waals surface area (Å²) in [7, 11) is 0. The maximum Gasteiger partial charge on any atom is 0.387 e. The van der Waals surface area contributed by atoms with Crippen molar-refractivity contribution in [1.29, 1.82) is 0 Å². The molecule has 1 unspecified atom stereocenters. The van der Waals surface area contributed by atoms with Gasteiger partial charge in [-0.25, -0.2) is 0 Å². The van der Waals surface area contributed by atoms with Crippen molar-refractivity contribution >= 4 is 23.2 Å². The molecule has 1 atom stereocenters. The van der Waals surface area contributed by atoms with Gasteiger partial charge in [-0.15, -0.1) is 0 Å². The summed E-state index contributed by atoms with van der Waals surface area (Å²) in [5.74, 6) is 0.0433. The first-order valence-corrected chi connectivity index (χ1v) is 6.88. The van der Waals surface area contributed by atoms with Crippen molar-refractivity contribution in [2.45, 2.75) is 19.1 Å². The van der Waals surface area contributed by atoms with Crippen LogP contribution in [0.2, 0.25) is 10.0 Å². The fraction of sp³-hybridized carbons (Fsp3) is 0.200. The van der Waals surface area contributed by atoms with Gasteiger partial charge in [-0.05, 0) is 41.5 Å². The molecule has 0 amide bonds. The highest BCUT2D eigenvalue weighted by atomic mass is 35.5. The summed E-state index contributed by atoms with van der Waals surface area (Å²) in [6.45, 7) is -2.87. The van der Waals surface area contributed by atoms with Crippen LogP contribution in [0.25, 0.3) is 0 Å². The topological polar surface area (TPSA) is 29.5 Å². The summed E-state index contributed by atoms with van der Waals surface area (Å²) in [6, 6.07) is 10.8. The van der Waals surface area contributed by atoms with E-state index in [1.54, 1.807) is 18.2 Å². The van der Waals surface area contributed by atoms with E-state index in [1.807, 2.05) is 0 Å². The average Bonchev–Trinajstić information content (AvgIpc) is 2.43. The number of ether oxygens (including phenoxy) is 1. The van der Waals surface area contributed by atoms with Gasteiger partial charge in [0.25, 0.3) is 0 Å². The minimum Gasteiger partial charge on any atom is -0.435 e. The Kier molecular flexibility index (Phi) is 5.39. The second kappa shape index (κ2) is 7.07. The van der Waals surface area contributed by atoms with Crippen LogP contribution in [-0.4, -0.2) is 11.7 Å². The van der Waals surface area contributed by atoms with Gasteiger partial charge in [0.1, 0.15) is 5.75 Å². The van der Waals surface area contributed by atoms with E-state index in [1.165, 1.54) is 24.3 Å². The number of hydrogen-bond donors (Lipinski definition) is 1. The van der Waals surface area contributed by atoms with Gasteiger partial charge in [-0.1, -0.05) is 35.3 Å². The highest BCUT2D eigenvalue weighted by molar-refractivity contribution is 6.33. The van der Waals surface area contributed by atoms with Crippen LogP contribution in [0.3, 0.4) is 0 Å². The van der Waals surface area contributed by atoms with Crippen LogP contribution in [0.5, 0.6) is 5.75 Å². The molecule has 2 aromatic carbocycles. The van der Waals surface area contributed by atoms with Crippen LogP contribution >= 0.6 is 23.2 Å². The molecule has 0 aromatic heterocycles. The third-order valence-corrected chi connectivity index (χ3v) is 3.51. The molecular formula is C15H12Cl2F2O2. The first-order valence-electron chi connectivity index (χ1n) is 6.12. The maximum atomic E-state index is 12.1. The first kappa shape index (κ1) is 16.0. The summed E-state index contributed by atoms with van der Waals surface area (Å²) < 4.78 is 28.3. The lowest BCUT2D eigenvalue weighted by Gasteiger charge is -2.13. The lowest BCUT2D eigenvalue weighted by molar-refractivity contribution is -0.0498. The Balaban J connectivity index is 2.09. The van der Waals surface area contributed by atoms with E-state index >= 15 is 0 Å². The zero-order valence-corrected chi connectivity index (χ0v) is 12.3. The van der Waals surface area contributed by atoms with E-state index in [4.69, 9.17) is 23.2 Å². The Morgan fingerprint density at radius 1 is 1.05 bits per heavy atom. The van der Waals surface area contributed by atoms with Crippen molar-refractivity contribution in [3.63, 3.8) is 0 Å². The molecule has 0 aliphatic heterocycles. The SMILES string of the molecule is OC(Cc1cc(Cl)ccc1Cl)c1ccc(OC(F)F)cc1. The van der Waals surface area contributed by atoms with Crippen LogP contribution in [-0.2, 0) is 6.42 Å². The molecule has 21 heavy (non-hydrogen) atoms. The smallest absolute Gasteiger partial charge is 0.387 e. The van der Waals surface area contributed by atoms with Crippen LogP contribution in [0.15, 0.2) is 42.5 Å². The number of aliphatic hydroxyl groups is 1. The first-order chi connectivity index (χ1) is 9.95. The molecular weight excluding hydrogens is 321 g/mol. The minimum atomic E-state index is -2.87. The van der Waals surface area contributed by atoms with Gasteiger partial charge >= 0.3 is 6.61 Å². The Morgan fingerprint density at radius 2 is 1.71 bits per heavy atom. The minimum absolute atomic E-state index is 0.0433. The van der Waals surface area contributed by atoms with Crippen molar-refractivity contribution < 1.29 is 18.6 Å². The zero-order chi connectivity index (χ0) is 15.4. The van der Waals surface area contributed by atoms with Crippen molar-refractivity contribution in [3.05, 3.63) is 63.6 Å². The Bertz CT molecular complexity index is 603. The normalized spacial score (nSPS) is 12.5. The predicted octanol–water partition coefficient (Wildman–Crippen LogP) is 4.87. The number of rotatable bonds is 5. The molecule has 0 bridgehead atoms. The fourth-order valence-corrected chi connectivity index (χ4v) is 2.29. The Morgan fingerprint density at radius 3 is 2.33 bits per heavy atom. The second-order valence-electron chi connectivity index (χ2n) is 4.40. The van der Waals surface area contributed by atoms with E-state index < -0.39 is 12.7 Å². The van der Waals surface area contributed by atoms with E-state index in [0.717, 1.165) is 0 Å². The monoisotopic (exact) mass is 332 g/mol. The lowest BCUT2D eigenvalue weighted by Crippen LogP contribution is -2.04. The van der Waals surface area contributed by atoms with Crippen LogP contribution in [0, 0.1) is 0 Å². The van der Waals surface area contributed by atoms with Crippen molar-refractivity contribution in [3.8, 4) is 5.75 Å². The third-order valence-electron chi connectivity index (χ3n) is 2.91. The van der Waals surface area contributed by atoms with Crippen molar-refractivity contribution in [1.82, 2.24) is 0 Å². The Hall–Kier alpha value is -1.36. The molecule has 0 saturated heterocycles. The molecule has 0 aliphatic carbocycles. The van der Waals surface area contributed by atoms with E-state index in [2.05, 4.69) is 4.74 Å². The summed E-state index contributed by atoms with van der Waals surface area (Å²) in [6.07, 6.45) is -0.546. The van der Waals surface area contributed by atoms with Crippen LogP contribution < -0.4 is 4.74 Å². The average molecular weight is 333 g/mol. The highest BCUT2D eigenvalue weighted by Crippen LogP contribution is 2.27. The second-order valence-corrected chi connectivity index (χ2v) is 5.25. The largest absolute Gasteiger partial charge is 0.435 e. The number of benzene rings is 2. The standard InChI is InChI=1S/C15H12Cl2F2O2/c16-11-3-6-13(17)10(7-11)8-14(20)9-1-4-12(5-2-9)21-15(18)19/h1-7,14-15,20H,8H2. The highest BCUT2D eigenvalue weighted by Gasteiger charge is 2.12. The predicted molar refractivity (Wildman–Crippen MR) is 78.2 cm³/mol. The molecule has 2 aromatic rings. The van der Waals surface area contributed by atoms with Gasteiger partial charge in [0.2, 0.25) is 0 Å². The summed E-state index contributed by atoms with van der Waals surface area (Å²) in [5.41, 5.74) is 1.29. The lowest BCUT2D eigenvalue weighted by atomic mass is 10.0. The van der Waals surface area contributed by atoms with Crippen molar-refractivity contribution in [2.75, 3.05) is 0 Å². The van der Waals surface area contributed by atoms with E-state index in [-0.39, 0.29) is 12.2 Å². The molecule has 2 nitrogen and oxygen atoms in total. The molecule has 0 heterocycles. The zero-order valence-electron chi connectivity index (χ0n) is 10.8. The molecule has 112 valence electrons. The molecule has 0 aliphatic rings. The van der Waals surface area contributed by atoms with Crippen molar-refractivity contribution in [2.24, 2.45) is 0 Å².